The Hall–Kier alpha value is -1.36. The van der Waals surface area contributed by atoms with Gasteiger partial charge in [0.05, 0.1) is 0 Å². The fourth-order valence-electron chi connectivity index (χ4n) is 1.62. The monoisotopic (exact) mass is 237 g/mol. The van der Waals surface area contributed by atoms with E-state index >= 15 is 0 Å². The Morgan fingerprint density at radius 3 is 2.53 bits per heavy atom. The second-order valence-electron chi connectivity index (χ2n) is 5.10. The van der Waals surface area contributed by atoms with E-state index in [0.29, 0.717) is 6.54 Å². The second kappa shape index (κ2) is 5.31. The number of rotatable bonds is 5. The van der Waals surface area contributed by atoms with E-state index in [4.69, 9.17) is 5.73 Å². The Morgan fingerprint density at radius 1 is 1.35 bits per heavy atom. The molecule has 1 heterocycles. The molecule has 0 atom stereocenters. The maximum absolute atomic E-state index is 5.60. The van der Waals surface area contributed by atoms with E-state index in [1.165, 1.54) is 0 Å². The first-order valence-electron chi connectivity index (χ1n) is 5.85. The molecule has 0 saturated heterocycles. The predicted molar refractivity (Wildman–Crippen MR) is 72.5 cm³/mol. The summed E-state index contributed by atoms with van der Waals surface area (Å²) in [6.07, 6.45) is 0.896. The van der Waals surface area contributed by atoms with Crippen molar-refractivity contribution < 1.29 is 0 Å². The molecule has 0 aliphatic heterocycles. The van der Waals surface area contributed by atoms with Crippen LogP contribution in [0.5, 0.6) is 0 Å². The summed E-state index contributed by atoms with van der Waals surface area (Å²) in [6.45, 7) is 6.79. The lowest BCUT2D eigenvalue weighted by atomic mass is 10.0. The normalized spacial score (nSPS) is 11.4. The zero-order valence-corrected chi connectivity index (χ0v) is 11.4. The molecule has 0 radical (unpaired) electrons. The molecule has 0 aromatic carbocycles. The van der Waals surface area contributed by atoms with Crippen molar-refractivity contribution in [2.75, 3.05) is 30.9 Å². The molecule has 0 aliphatic rings. The molecule has 0 aliphatic carbocycles. The fraction of sp³-hybridized carbons (Fsp3) is 0.667. The van der Waals surface area contributed by atoms with Crippen molar-refractivity contribution in [1.82, 2.24) is 9.97 Å². The summed E-state index contributed by atoms with van der Waals surface area (Å²) in [5.41, 5.74) is 5.54. The molecule has 0 unspecified atom stereocenters. The number of hydrogen-bond acceptors (Lipinski definition) is 5. The van der Waals surface area contributed by atoms with E-state index in [1.54, 1.807) is 0 Å². The molecule has 0 fully saturated rings. The Labute approximate surface area is 103 Å². The predicted octanol–water partition coefficient (Wildman–Crippen LogP) is 1.39. The van der Waals surface area contributed by atoms with Gasteiger partial charge in [-0.2, -0.15) is 0 Å². The minimum Gasteiger partial charge on any atom is -0.365 e. The van der Waals surface area contributed by atoms with Gasteiger partial charge in [-0.3, -0.25) is 0 Å². The Morgan fingerprint density at radius 2 is 2.00 bits per heavy atom. The van der Waals surface area contributed by atoms with Crippen LogP contribution in [0.2, 0.25) is 0 Å². The van der Waals surface area contributed by atoms with E-state index in [2.05, 4.69) is 29.1 Å². The summed E-state index contributed by atoms with van der Waals surface area (Å²) < 4.78 is 0. The Bertz CT molecular complexity index is 373. The van der Waals surface area contributed by atoms with E-state index < -0.39 is 0 Å². The van der Waals surface area contributed by atoms with Crippen LogP contribution in [-0.4, -0.2) is 36.1 Å². The number of aryl methyl sites for hydroxylation is 1. The van der Waals surface area contributed by atoms with E-state index in [0.717, 1.165) is 23.9 Å². The summed E-state index contributed by atoms with van der Waals surface area (Å²) >= 11 is 0. The average molecular weight is 237 g/mol. The number of nitrogens with two attached hydrogens (primary N) is 1. The van der Waals surface area contributed by atoms with Gasteiger partial charge >= 0.3 is 0 Å². The smallest absolute Gasteiger partial charge is 0.133 e. The molecule has 1 aromatic heterocycles. The van der Waals surface area contributed by atoms with Crippen LogP contribution >= 0.6 is 0 Å². The van der Waals surface area contributed by atoms with Crippen LogP contribution in [0.25, 0.3) is 0 Å². The molecule has 0 bridgehead atoms. The zero-order valence-electron chi connectivity index (χ0n) is 11.4. The summed E-state index contributed by atoms with van der Waals surface area (Å²) in [4.78, 5) is 10.7. The molecule has 0 saturated carbocycles. The fourth-order valence-corrected chi connectivity index (χ4v) is 1.62. The van der Waals surface area contributed by atoms with E-state index in [1.807, 2.05) is 32.0 Å². The van der Waals surface area contributed by atoms with Crippen molar-refractivity contribution in [3.63, 3.8) is 0 Å². The minimum atomic E-state index is -0.0564. The lowest BCUT2D eigenvalue weighted by molar-refractivity contribution is 0.524. The lowest BCUT2D eigenvalue weighted by Gasteiger charge is -2.27. The Kier molecular flexibility index (Phi) is 4.28. The number of nitrogens with zero attached hydrogens (tertiary/aromatic N) is 3. The molecule has 5 nitrogen and oxygen atoms in total. The van der Waals surface area contributed by atoms with Crippen molar-refractivity contribution in [1.29, 1.82) is 0 Å². The average Bonchev–Trinajstić information content (AvgIpc) is 2.15. The highest BCUT2D eigenvalue weighted by Gasteiger charge is 2.17. The van der Waals surface area contributed by atoms with Crippen LogP contribution < -0.4 is 16.0 Å². The van der Waals surface area contributed by atoms with Crippen molar-refractivity contribution in [3.05, 3.63) is 11.9 Å². The van der Waals surface area contributed by atoms with Crippen LogP contribution in [-0.2, 0) is 0 Å². The highest BCUT2D eigenvalue weighted by atomic mass is 15.2. The van der Waals surface area contributed by atoms with E-state index in [9.17, 15) is 0 Å². The third-order valence-electron chi connectivity index (χ3n) is 2.52. The molecule has 0 amide bonds. The van der Waals surface area contributed by atoms with Crippen LogP contribution in [0, 0.1) is 6.92 Å². The molecular formula is C12H23N5. The number of hydrogen-bond donors (Lipinski definition) is 2. The third kappa shape index (κ3) is 4.19. The molecule has 5 heteroatoms. The Balaban J connectivity index is 2.91. The third-order valence-corrected chi connectivity index (χ3v) is 2.52. The largest absolute Gasteiger partial charge is 0.365 e. The van der Waals surface area contributed by atoms with Gasteiger partial charge in [0.2, 0.25) is 0 Å². The van der Waals surface area contributed by atoms with Crippen LogP contribution in [0.1, 0.15) is 26.1 Å². The number of anilines is 2. The first kappa shape index (κ1) is 13.7. The molecule has 1 rings (SSSR count). The van der Waals surface area contributed by atoms with Crippen molar-refractivity contribution in [2.45, 2.75) is 32.7 Å². The highest BCUT2D eigenvalue weighted by Crippen LogP contribution is 2.19. The maximum Gasteiger partial charge on any atom is 0.133 e. The topological polar surface area (TPSA) is 67.1 Å². The van der Waals surface area contributed by atoms with Crippen molar-refractivity contribution in [2.24, 2.45) is 5.73 Å². The summed E-state index contributed by atoms with van der Waals surface area (Å²) in [7, 11) is 3.94. The van der Waals surface area contributed by atoms with Gasteiger partial charge in [-0.1, -0.05) is 0 Å². The summed E-state index contributed by atoms with van der Waals surface area (Å²) in [6, 6.07) is 1.95. The second-order valence-corrected chi connectivity index (χ2v) is 5.10. The summed E-state index contributed by atoms with van der Waals surface area (Å²) in [5, 5.41) is 3.40. The molecular weight excluding hydrogens is 214 g/mol. The quantitative estimate of drug-likeness (QED) is 0.810. The van der Waals surface area contributed by atoms with Gasteiger partial charge in [-0.25, -0.2) is 9.97 Å². The van der Waals surface area contributed by atoms with Crippen molar-refractivity contribution in [3.8, 4) is 0 Å². The van der Waals surface area contributed by atoms with Gasteiger partial charge < -0.3 is 16.0 Å². The van der Waals surface area contributed by atoms with E-state index in [-0.39, 0.29) is 5.54 Å². The van der Waals surface area contributed by atoms with Gasteiger partial charge in [0.25, 0.3) is 0 Å². The first-order valence-corrected chi connectivity index (χ1v) is 5.85. The first-order chi connectivity index (χ1) is 7.84. The van der Waals surface area contributed by atoms with Gasteiger partial charge in [0.15, 0.2) is 0 Å². The van der Waals surface area contributed by atoms with Gasteiger partial charge in [-0.15, -0.1) is 0 Å². The van der Waals surface area contributed by atoms with Crippen molar-refractivity contribution >= 4 is 11.6 Å². The molecule has 96 valence electrons. The molecule has 3 N–H and O–H groups in total. The van der Waals surface area contributed by atoms with Gasteiger partial charge in [0, 0.05) is 25.7 Å². The maximum atomic E-state index is 5.60. The standard InChI is InChI=1S/C12H23N5/c1-9-14-10(8-11(15-9)17(4)5)16-12(2,3)6-7-13/h8H,6-7,13H2,1-5H3,(H,14,15,16). The SMILES string of the molecule is Cc1nc(NC(C)(C)CCN)cc(N(C)C)n1. The zero-order chi connectivity index (χ0) is 13.1. The highest BCUT2D eigenvalue weighted by molar-refractivity contribution is 5.49. The summed E-state index contributed by atoms with van der Waals surface area (Å²) in [5.74, 6) is 2.52. The van der Waals surface area contributed by atoms with Gasteiger partial charge in [-0.05, 0) is 33.7 Å². The lowest BCUT2D eigenvalue weighted by Crippen LogP contribution is -2.34. The number of aromatic nitrogens is 2. The molecule has 0 spiro atoms. The van der Waals surface area contributed by atoms with Crippen LogP contribution in [0.4, 0.5) is 11.6 Å². The minimum absolute atomic E-state index is 0.0564. The van der Waals surface area contributed by atoms with Gasteiger partial charge in [0.1, 0.15) is 17.5 Å². The molecule has 17 heavy (non-hydrogen) atoms. The number of nitrogens with one attached hydrogen (secondary N) is 1. The molecule has 1 aromatic rings. The van der Waals surface area contributed by atoms with Crippen LogP contribution in [0.15, 0.2) is 6.07 Å². The van der Waals surface area contributed by atoms with Crippen LogP contribution in [0.3, 0.4) is 0 Å².